The van der Waals surface area contributed by atoms with Gasteiger partial charge in [-0.2, -0.15) is 0 Å². The minimum atomic E-state index is -3.48. The minimum Gasteiger partial charge on any atom is -0.355 e. The molecule has 1 aromatic carbocycles. The Hall–Kier alpha value is -2.19. The second-order valence-electron chi connectivity index (χ2n) is 6.91. The van der Waals surface area contributed by atoms with Crippen molar-refractivity contribution in [3.05, 3.63) is 35.9 Å². The fraction of sp³-hybridized carbons (Fsp3) is 0.500. The zero-order chi connectivity index (χ0) is 20.6. The van der Waals surface area contributed by atoms with Crippen LogP contribution in [0.2, 0.25) is 0 Å². The number of nitrogens with one attached hydrogen (secondary N) is 2. The van der Waals surface area contributed by atoms with Gasteiger partial charge in [-0.3, -0.25) is 9.59 Å². The Morgan fingerprint density at radius 1 is 1.14 bits per heavy atom. The summed E-state index contributed by atoms with van der Waals surface area (Å²) < 4.78 is 27.0. The van der Waals surface area contributed by atoms with Crippen LogP contribution in [-0.4, -0.2) is 50.8 Å². The molecule has 0 saturated heterocycles. The summed E-state index contributed by atoms with van der Waals surface area (Å²) in [5, 5.41) is 2.77. The monoisotopic (exact) mass is 407 g/mol. The summed E-state index contributed by atoms with van der Waals surface area (Å²) in [6.07, 6.45) is 6.39. The van der Waals surface area contributed by atoms with Gasteiger partial charge in [0.15, 0.2) is 0 Å². The maximum absolute atomic E-state index is 12.4. The van der Waals surface area contributed by atoms with E-state index in [0.717, 1.165) is 25.7 Å². The lowest BCUT2D eigenvalue weighted by Gasteiger charge is -2.19. The molecule has 1 aliphatic rings. The summed E-state index contributed by atoms with van der Waals surface area (Å²) in [6.45, 7) is 5.03. The van der Waals surface area contributed by atoms with E-state index in [1.54, 1.807) is 18.2 Å². The smallest absolute Gasteiger partial charge is 0.247 e. The molecule has 1 aliphatic carbocycles. The maximum atomic E-state index is 12.4. The number of rotatable bonds is 11. The van der Waals surface area contributed by atoms with Crippen LogP contribution in [0.25, 0.3) is 6.08 Å². The van der Waals surface area contributed by atoms with E-state index >= 15 is 0 Å². The molecule has 0 atom stereocenters. The zero-order valence-electron chi connectivity index (χ0n) is 16.5. The van der Waals surface area contributed by atoms with Gasteiger partial charge in [-0.15, -0.1) is 0 Å². The Kier molecular flexibility index (Phi) is 8.19. The number of amides is 2. The van der Waals surface area contributed by atoms with Crippen molar-refractivity contribution in [2.45, 2.75) is 50.5 Å². The first kappa shape index (κ1) is 22.1. The predicted molar refractivity (Wildman–Crippen MR) is 109 cm³/mol. The Labute approximate surface area is 167 Å². The lowest BCUT2D eigenvalue weighted by Crippen LogP contribution is -2.40. The lowest BCUT2D eigenvalue weighted by atomic mass is 10.2. The van der Waals surface area contributed by atoms with Crippen LogP contribution >= 0.6 is 0 Å². The van der Waals surface area contributed by atoms with Gasteiger partial charge >= 0.3 is 0 Å². The molecule has 2 amide bonds. The second-order valence-corrected chi connectivity index (χ2v) is 8.62. The van der Waals surface area contributed by atoms with E-state index in [4.69, 9.17) is 0 Å². The molecule has 0 aliphatic heterocycles. The predicted octanol–water partition coefficient (Wildman–Crippen LogP) is 1.91. The molecular weight excluding hydrogens is 378 g/mol. The molecule has 1 aromatic rings. The average molecular weight is 408 g/mol. The van der Waals surface area contributed by atoms with Gasteiger partial charge in [0, 0.05) is 25.2 Å². The molecule has 2 rings (SSSR count). The third-order valence-electron chi connectivity index (χ3n) is 4.22. The first-order valence-electron chi connectivity index (χ1n) is 9.71. The van der Waals surface area contributed by atoms with Gasteiger partial charge in [-0.25, -0.2) is 13.1 Å². The topological polar surface area (TPSA) is 95.6 Å². The summed E-state index contributed by atoms with van der Waals surface area (Å²) in [5.41, 5.74) is 0.714. The first-order chi connectivity index (χ1) is 13.4. The summed E-state index contributed by atoms with van der Waals surface area (Å²) in [6, 6.07) is 6.42. The molecule has 1 saturated carbocycles. The third-order valence-corrected chi connectivity index (χ3v) is 5.76. The molecule has 0 bridgehead atoms. The Morgan fingerprint density at radius 3 is 2.39 bits per heavy atom. The first-order valence-corrected chi connectivity index (χ1v) is 11.2. The standard InChI is InChI=1S/C20H29N3O4S/c1-3-13-21-19(24)15-23(14-4-2)20(25)12-7-16-5-10-18(11-6-16)28(26,27)22-17-8-9-17/h5-7,10-12,17,22H,3-4,8-9,13-15H2,1-2H3,(H,21,24). The number of sulfonamides is 1. The Morgan fingerprint density at radius 2 is 1.82 bits per heavy atom. The van der Waals surface area contributed by atoms with Crippen LogP contribution in [0.4, 0.5) is 0 Å². The van der Waals surface area contributed by atoms with Gasteiger partial charge in [0.2, 0.25) is 21.8 Å². The summed E-state index contributed by atoms with van der Waals surface area (Å²) >= 11 is 0. The van der Waals surface area contributed by atoms with E-state index in [1.807, 2.05) is 13.8 Å². The van der Waals surface area contributed by atoms with Crippen molar-refractivity contribution in [3.8, 4) is 0 Å². The fourth-order valence-electron chi connectivity index (χ4n) is 2.55. The third kappa shape index (κ3) is 7.09. The van der Waals surface area contributed by atoms with Gasteiger partial charge in [0.05, 0.1) is 11.4 Å². The van der Waals surface area contributed by atoms with E-state index < -0.39 is 10.0 Å². The van der Waals surface area contributed by atoms with Crippen LogP contribution in [0.3, 0.4) is 0 Å². The molecule has 7 nitrogen and oxygen atoms in total. The minimum absolute atomic E-state index is 0.0288. The number of carbonyl (C=O) groups excluding carboxylic acids is 2. The zero-order valence-corrected chi connectivity index (χ0v) is 17.3. The van der Waals surface area contributed by atoms with Crippen LogP contribution in [0.5, 0.6) is 0 Å². The fourth-order valence-corrected chi connectivity index (χ4v) is 3.86. The number of nitrogens with zero attached hydrogens (tertiary/aromatic N) is 1. The lowest BCUT2D eigenvalue weighted by molar-refractivity contribution is -0.132. The summed E-state index contributed by atoms with van der Waals surface area (Å²) in [7, 11) is -3.48. The number of benzene rings is 1. The van der Waals surface area contributed by atoms with Crippen LogP contribution in [0, 0.1) is 0 Å². The number of hydrogen-bond donors (Lipinski definition) is 2. The van der Waals surface area contributed by atoms with Crippen molar-refractivity contribution in [1.29, 1.82) is 0 Å². The van der Waals surface area contributed by atoms with Gasteiger partial charge < -0.3 is 10.2 Å². The molecule has 0 aromatic heterocycles. The molecule has 0 radical (unpaired) electrons. The largest absolute Gasteiger partial charge is 0.355 e. The number of hydrogen-bond acceptors (Lipinski definition) is 4. The SMILES string of the molecule is CCCNC(=O)CN(CCC)C(=O)C=Cc1ccc(S(=O)(=O)NC2CC2)cc1. The van der Waals surface area contributed by atoms with Crippen LogP contribution in [0.15, 0.2) is 35.2 Å². The Balaban J connectivity index is 1.97. The van der Waals surface area contributed by atoms with Crippen LogP contribution < -0.4 is 10.0 Å². The van der Waals surface area contributed by atoms with E-state index in [1.165, 1.54) is 23.1 Å². The van der Waals surface area contributed by atoms with Crippen molar-refractivity contribution in [2.75, 3.05) is 19.6 Å². The van der Waals surface area contributed by atoms with Gasteiger partial charge in [-0.1, -0.05) is 26.0 Å². The van der Waals surface area contributed by atoms with Gasteiger partial charge in [0.1, 0.15) is 0 Å². The molecular formula is C20H29N3O4S. The quantitative estimate of drug-likeness (QED) is 0.548. The molecule has 154 valence electrons. The average Bonchev–Trinajstić information content (AvgIpc) is 3.47. The second kappa shape index (κ2) is 10.4. The highest BCUT2D eigenvalue weighted by Crippen LogP contribution is 2.22. The van der Waals surface area contributed by atoms with Crippen LogP contribution in [-0.2, 0) is 19.6 Å². The van der Waals surface area contributed by atoms with E-state index in [0.29, 0.717) is 18.7 Å². The molecule has 28 heavy (non-hydrogen) atoms. The summed E-state index contributed by atoms with van der Waals surface area (Å²) in [4.78, 5) is 26.0. The summed E-state index contributed by atoms with van der Waals surface area (Å²) in [5.74, 6) is -0.421. The van der Waals surface area contributed by atoms with Crippen LogP contribution in [0.1, 0.15) is 45.1 Å². The van der Waals surface area contributed by atoms with Crippen molar-refractivity contribution < 1.29 is 18.0 Å². The van der Waals surface area contributed by atoms with Crippen molar-refractivity contribution >= 4 is 27.9 Å². The van der Waals surface area contributed by atoms with E-state index in [2.05, 4.69) is 10.0 Å². The molecule has 8 heteroatoms. The van der Waals surface area contributed by atoms with Gasteiger partial charge in [-0.05, 0) is 49.5 Å². The van der Waals surface area contributed by atoms with E-state index in [-0.39, 0.29) is 29.3 Å². The molecule has 0 heterocycles. The van der Waals surface area contributed by atoms with Crippen molar-refractivity contribution in [3.63, 3.8) is 0 Å². The maximum Gasteiger partial charge on any atom is 0.247 e. The molecule has 1 fully saturated rings. The molecule has 0 unspecified atom stereocenters. The highest BCUT2D eigenvalue weighted by Gasteiger charge is 2.27. The normalized spacial score (nSPS) is 14.2. The highest BCUT2D eigenvalue weighted by molar-refractivity contribution is 7.89. The van der Waals surface area contributed by atoms with Crippen molar-refractivity contribution in [1.82, 2.24) is 14.9 Å². The Bertz CT molecular complexity index is 799. The van der Waals surface area contributed by atoms with Gasteiger partial charge in [0.25, 0.3) is 0 Å². The molecule has 0 spiro atoms. The van der Waals surface area contributed by atoms with Crippen molar-refractivity contribution in [2.24, 2.45) is 0 Å². The highest BCUT2D eigenvalue weighted by atomic mass is 32.2. The number of carbonyl (C=O) groups is 2. The van der Waals surface area contributed by atoms with E-state index in [9.17, 15) is 18.0 Å². The molecule has 2 N–H and O–H groups in total.